The summed E-state index contributed by atoms with van der Waals surface area (Å²) < 4.78 is 0. The van der Waals surface area contributed by atoms with E-state index in [0.717, 1.165) is 18.9 Å². The summed E-state index contributed by atoms with van der Waals surface area (Å²) in [5, 5.41) is 0. The summed E-state index contributed by atoms with van der Waals surface area (Å²) >= 11 is 0. The van der Waals surface area contributed by atoms with E-state index in [1.165, 1.54) is 37.9 Å². The molecule has 1 heterocycles. The van der Waals surface area contributed by atoms with Gasteiger partial charge in [0.2, 0.25) is 0 Å². The molecule has 1 saturated heterocycles. The number of fused-ring (bicyclic) bond motifs is 2. The number of nitrogens with zero attached hydrogens (tertiary/aromatic N) is 1. The third kappa shape index (κ3) is 4.08. The van der Waals surface area contributed by atoms with E-state index >= 15 is 0 Å². The van der Waals surface area contributed by atoms with Crippen LogP contribution in [0.4, 0.5) is 5.69 Å². The SMILES string of the molecule is CC1(C)C2=CCC(C2)CN(c2ccccc2)CC12C=CC=CC2.CCCC. The minimum atomic E-state index is 0.193. The average molecular weight is 364 g/mol. The maximum Gasteiger partial charge on any atom is 0.0366 e. The van der Waals surface area contributed by atoms with Gasteiger partial charge >= 0.3 is 0 Å². The summed E-state index contributed by atoms with van der Waals surface area (Å²) in [6.07, 6.45) is 18.2. The lowest BCUT2D eigenvalue weighted by molar-refractivity contribution is 0.157. The molecule has 0 aromatic heterocycles. The van der Waals surface area contributed by atoms with Gasteiger partial charge in [-0.15, -0.1) is 0 Å². The number of benzene rings is 1. The van der Waals surface area contributed by atoms with Gasteiger partial charge < -0.3 is 4.90 Å². The summed E-state index contributed by atoms with van der Waals surface area (Å²) in [6, 6.07) is 11.0. The number of hydrogen-bond acceptors (Lipinski definition) is 1. The Hall–Kier alpha value is -1.76. The van der Waals surface area contributed by atoms with Crippen molar-refractivity contribution in [2.75, 3.05) is 18.0 Å². The summed E-state index contributed by atoms with van der Waals surface area (Å²) in [4.78, 5) is 2.64. The molecule has 1 spiro atoms. The molecule has 2 unspecified atom stereocenters. The van der Waals surface area contributed by atoms with E-state index in [4.69, 9.17) is 0 Å². The van der Waals surface area contributed by atoms with Crippen molar-refractivity contribution in [3.05, 3.63) is 66.3 Å². The van der Waals surface area contributed by atoms with Crippen molar-refractivity contribution in [1.82, 2.24) is 0 Å². The summed E-state index contributed by atoms with van der Waals surface area (Å²) in [6.45, 7) is 11.6. The standard InChI is InChI=1S/C22H27N.C4H10/c1-21(2)19-12-11-18(15-19)16-23(20-9-5-3-6-10-20)17-22(21)13-7-4-8-14-22;1-3-4-2/h3-10,12-13,18H,11,14-17H2,1-2H3;3-4H2,1-2H3. The van der Waals surface area contributed by atoms with E-state index in [-0.39, 0.29) is 10.8 Å². The fourth-order valence-corrected chi connectivity index (χ4v) is 4.75. The first-order chi connectivity index (χ1) is 13.0. The third-order valence-corrected chi connectivity index (χ3v) is 6.97. The van der Waals surface area contributed by atoms with Crippen LogP contribution in [0.15, 0.2) is 66.3 Å². The van der Waals surface area contributed by atoms with Gasteiger partial charge in [0.25, 0.3) is 0 Å². The van der Waals surface area contributed by atoms with Crippen molar-refractivity contribution in [3.8, 4) is 0 Å². The maximum atomic E-state index is 2.64. The molecule has 1 aromatic carbocycles. The molecule has 1 aromatic rings. The van der Waals surface area contributed by atoms with Crippen molar-refractivity contribution in [3.63, 3.8) is 0 Å². The van der Waals surface area contributed by atoms with E-state index in [0.29, 0.717) is 0 Å². The van der Waals surface area contributed by atoms with Gasteiger partial charge in [0, 0.05) is 24.2 Å². The lowest BCUT2D eigenvalue weighted by Gasteiger charge is -2.51. The Kier molecular flexibility index (Phi) is 6.29. The minimum Gasteiger partial charge on any atom is -0.370 e. The van der Waals surface area contributed by atoms with Crippen LogP contribution in [-0.4, -0.2) is 13.1 Å². The van der Waals surface area contributed by atoms with Crippen LogP contribution in [0.5, 0.6) is 0 Å². The van der Waals surface area contributed by atoms with Crippen molar-refractivity contribution < 1.29 is 0 Å². The van der Waals surface area contributed by atoms with Gasteiger partial charge in [-0.05, 0) is 42.7 Å². The molecule has 1 fully saturated rings. The maximum absolute atomic E-state index is 2.64. The molecule has 4 rings (SSSR count). The Morgan fingerprint density at radius 3 is 2.41 bits per heavy atom. The number of rotatable bonds is 2. The van der Waals surface area contributed by atoms with E-state index in [9.17, 15) is 0 Å². The zero-order chi connectivity index (χ0) is 19.3. The molecule has 2 aliphatic carbocycles. The molecule has 2 atom stereocenters. The molecule has 2 bridgehead atoms. The topological polar surface area (TPSA) is 3.24 Å². The Morgan fingerprint density at radius 2 is 1.78 bits per heavy atom. The fraction of sp³-hybridized carbons (Fsp3) is 0.538. The normalized spacial score (nSPS) is 28.2. The molecule has 3 aliphatic rings. The van der Waals surface area contributed by atoms with E-state index in [1.807, 2.05) is 0 Å². The second-order valence-electron chi connectivity index (χ2n) is 9.02. The monoisotopic (exact) mass is 363 g/mol. The largest absolute Gasteiger partial charge is 0.370 e. The first-order valence-electron chi connectivity index (χ1n) is 10.9. The lowest BCUT2D eigenvalue weighted by Crippen LogP contribution is -2.49. The van der Waals surface area contributed by atoms with Crippen molar-refractivity contribution in [1.29, 1.82) is 0 Å². The fourth-order valence-electron chi connectivity index (χ4n) is 4.75. The Labute approximate surface area is 166 Å². The first kappa shape index (κ1) is 20.0. The van der Waals surface area contributed by atoms with Crippen LogP contribution in [0.25, 0.3) is 0 Å². The molecule has 0 saturated carbocycles. The molecule has 27 heavy (non-hydrogen) atoms. The molecule has 0 N–H and O–H groups in total. The number of anilines is 1. The van der Waals surface area contributed by atoms with Crippen LogP contribution < -0.4 is 4.90 Å². The highest BCUT2D eigenvalue weighted by Crippen LogP contribution is 2.55. The van der Waals surface area contributed by atoms with Crippen LogP contribution in [0.3, 0.4) is 0 Å². The lowest BCUT2D eigenvalue weighted by atomic mass is 9.58. The third-order valence-electron chi connectivity index (χ3n) is 6.97. The van der Waals surface area contributed by atoms with E-state index in [1.54, 1.807) is 5.57 Å². The second-order valence-corrected chi connectivity index (χ2v) is 9.02. The van der Waals surface area contributed by atoms with Gasteiger partial charge in [-0.25, -0.2) is 0 Å². The Balaban J connectivity index is 0.000000481. The predicted molar refractivity (Wildman–Crippen MR) is 119 cm³/mol. The molecular formula is C26H37N. The van der Waals surface area contributed by atoms with Crippen LogP contribution >= 0.6 is 0 Å². The van der Waals surface area contributed by atoms with Crippen LogP contribution in [0.1, 0.15) is 59.8 Å². The number of allylic oxidation sites excluding steroid dienone is 5. The quantitative estimate of drug-likeness (QED) is 0.503. The molecule has 146 valence electrons. The van der Waals surface area contributed by atoms with Crippen LogP contribution in [0.2, 0.25) is 0 Å². The van der Waals surface area contributed by atoms with Gasteiger partial charge in [0.1, 0.15) is 0 Å². The predicted octanol–water partition coefficient (Wildman–Crippen LogP) is 7.18. The van der Waals surface area contributed by atoms with Gasteiger partial charge in [0.15, 0.2) is 0 Å². The average Bonchev–Trinajstić information content (AvgIpc) is 3.18. The molecular weight excluding hydrogens is 326 g/mol. The van der Waals surface area contributed by atoms with Gasteiger partial charge in [0.05, 0.1) is 0 Å². The van der Waals surface area contributed by atoms with Gasteiger partial charge in [-0.3, -0.25) is 0 Å². The zero-order valence-electron chi connectivity index (χ0n) is 17.7. The summed E-state index contributed by atoms with van der Waals surface area (Å²) in [5.41, 5.74) is 3.48. The zero-order valence-corrected chi connectivity index (χ0v) is 17.7. The minimum absolute atomic E-state index is 0.193. The first-order valence-corrected chi connectivity index (χ1v) is 10.9. The smallest absolute Gasteiger partial charge is 0.0366 e. The van der Waals surface area contributed by atoms with Crippen molar-refractivity contribution in [2.45, 2.75) is 59.8 Å². The Morgan fingerprint density at radius 1 is 1.04 bits per heavy atom. The van der Waals surface area contributed by atoms with Crippen molar-refractivity contribution >= 4 is 5.69 Å². The number of para-hydroxylation sites is 1. The van der Waals surface area contributed by atoms with Gasteiger partial charge in [-0.1, -0.05) is 94.7 Å². The van der Waals surface area contributed by atoms with E-state index < -0.39 is 0 Å². The van der Waals surface area contributed by atoms with Gasteiger partial charge in [-0.2, -0.15) is 0 Å². The van der Waals surface area contributed by atoms with Crippen LogP contribution in [0, 0.1) is 16.7 Å². The number of hydrogen-bond donors (Lipinski definition) is 0. The molecule has 1 heteroatoms. The highest BCUT2D eigenvalue weighted by molar-refractivity contribution is 5.48. The summed E-state index contributed by atoms with van der Waals surface area (Å²) in [5.74, 6) is 0.782. The van der Waals surface area contributed by atoms with Crippen LogP contribution in [-0.2, 0) is 0 Å². The summed E-state index contributed by atoms with van der Waals surface area (Å²) in [7, 11) is 0. The molecule has 1 aliphatic heterocycles. The molecule has 1 nitrogen and oxygen atoms in total. The van der Waals surface area contributed by atoms with Crippen molar-refractivity contribution in [2.24, 2.45) is 16.7 Å². The van der Waals surface area contributed by atoms with E-state index in [2.05, 4.69) is 93.3 Å². The Bertz CT molecular complexity index is 692. The highest BCUT2D eigenvalue weighted by Gasteiger charge is 2.49. The number of unbranched alkanes of at least 4 members (excludes halogenated alkanes) is 1. The molecule has 0 radical (unpaired) electrons. The second kappa shape index (κ2) is 8.50. The molecule has 0 amide bonds. The highest BCUT2D eigenvalue weighted by atomic mass is 15.1.